The monoisotopic (exact) mass is 266 g/mol. The molecule has 2 unspecified atom stereocenters. The van der Waals surface area contributed by atoms with Crippen molar-refractivity contribution in [2.75, 3.05) is 19.6 Å². The van der Waals surface area contributed by atoms with E-state index in [1.165, 1.54) is 51.6 Å². The van der Waals surface area contributed by atoms with E-state index < -0.39 is 0 Å². The Morgan fingerprint density at radius 2 is 1.79 bits per heavy atom. The molecule has 0 spiro atoms. The van der Waals surface area contributed by atoms with Gasteiger partial charge in [0.2, 0.25) is 0 Å². The fourth-order valence-electron chi connectivity index (χ4n) is 3.90. The quantitative estimate of drug-likeness (QED) is 0.817. The maximum atomic E-state index is 3.65. The Balaban J connectivity index is 1.77. The number of likely N-dealkylation sites (tertiary alicyclic amines) is 1. The summed E-state index contributed by atoms with van der Waals surface area (Å²) in [5, 5.41) is 3.65. The van der Waals surface area contributed by atoms with E-state index in [-0.39, 0.29) is 5.54 Å². The molecule has 0 amide bonds. The highest BCUT2D eigenvalue weighted by atomic mass is 15.2. The third-order valence-corrected chi connectivity index (χ3v) is 4.89. The Labute approximate surface area is 120 Å². The molecule has 1 aliphatic carbocycles. The van der Waals surface area contributed by atoms with Crippen LogP contribution >= 0.6 is 0 Å². The van der Waals surface area contributed by atoms with Gasteiger partial charge in [0.15, 0.2) is 0 Å². The van der Waals surface area contributed by atoms with E-state index in [1.807, 2.05) is 0 Å². The molecule has 0 aromatic rings. The van der Waals surface area contributed by atoms with Crippen LogP contribution in [-0.4, -0.2) is 36.1 Å². The Morgan fingerprint density at radius 1 is 1.11 bits per heavy atom. The maximum absolute atomic E-state index is 3.65. The van der Waals surface area contributed by atoms with E-state index in [1.54, 1.807) is 0 Å². The lowest BCUT2D eigenvalue weighted by atomic mass is 9.95. The number of nitrogens with zero attached hydrogens (tertiary/aromatic N) is 1. The molecule has 0 aromatic heterocycles. The molecular formula is C17H34N2. The summed E-state index contributed by atoms with van der Waals surface area (Å²) in [6.45, 7) is 13.0. The van der Waals surface area contributed by atoms with Crippen LogP contribution in [0.4, 0.5) is 0 Å². The molecule has 1 saturated carbocycles. The summed E-state index contributed by atoms with van der Waals surface area (Å²) in [6, 6.07) is 0.916. The zero-order valence-electron chi connectivity index (χ0n) is 13.5. The molecule has 1 N–H and O–H groups in total. The van der Waals surface area contributed by atoms with Gasteiger partial charge in [0.25, 0.3) is 0 Å². The van der Waals surface area contributed by atoms with Crippen LogP contribution in [0.1, 0.15) is 66.2 Å². The van der Waals surface area contributed by atoms with Gasteiger partial charge >= 0.3 is 0 Å². The second-order valence-corrected chi connectivity index (χ2v) is 7.99. The molecule has 2 heteroatoms. The summed E-state index contributed by atoms with van der Waals surface area (Å²) in [4.78, 5) is 2.81. The van der Waals surface area contributed by atoms with Crippen molar-refractivity contribution in [1.29, 1.82) is 0 Å². The summed E-state index contributed by atoms with van der Waals surface area (Å²) in [5.41, 5.74) is 0.254. The molecule has 1 heterocycles. The Bertz CT molecular complexity index is 263. The van der Waals surface area contributed by atoms with Crippen LogP contribution in [0.5, 0.6) is 0 Å². The van der Waals surface area contributed by atoms with E-state index in [2.05, 4.69) is 37.9 Å². The van der Waals surface area contributed by atoms with Gasteiger partial charge in [-0.15, -0.1) is 0 Å². The zero-order valence-corrected chi connectivity index (χ0v) is 13.5. The second-order valence-electron chi connectivity index (χ2n) is 7.99. The molecule has 2 nitrogen and oxygen atoms in total. The second kappa shape index (κ2) is 6.58. The molecule has 112 valence electrons. The number of nitrogens with one attached hydrogen (secondary N) is 1. The predicted molar refractivity (Wildman–Crippen MR) is 83.5 cm³/mol. The summed E-state index contributed by atoms with van der Waals surface area (Å²) < 4.78 is 0. The van der Waals surface area contributed by atoms with E-state index in [9.17, 15) is 0 Å². The number of rotatable bonds is 5. The average Bonchev–Trinajstić information content (AvgIpc) is 2.94. The lowest BCUT2D eigenvalue weighted by Gasteiger charge is -2.32. The van der Waals surface area contributed by atoms with Crippen LogP contribution in [0.3, 0.4) is 0 Å². The third-order valence-electron chi connectivity index (χ3n) is 4.89. The van der Waals surface area contributed by atoms with Crippen LogP contribution in [0.25, 0.3) is 0 Å². The van der Waals surface area contributed by atoms with Gasteiger partial charge in [-0.05, 0) is 71.4 Å². The van der Waals surface area contributed by atoms with Gasteiger partial charge in [-0.1, -0.05) is 19.8 Å². The van der Waals surface area contributed by atoms with Crippen LogP contribution in [-0.2, 0) is 0 Å². The molecule has 2 rings (SSSR count). The summed E-state index contributed by atoms with van der Waals surface area (Å²) in [6.07, 6.45) is 8.85. The van der Waals surface area contributed by atoms with Crippen molar-refractivity contribution in [1.82, 2.24) is 10.2 Å². The topological polar surface area (TPSA) is 15.3 Å². The maximum Gasteiger partial charge on any atom is 0.0124 e. The van der Waals surface area contributed by atoms with Crippen molar-refractivity contribution in [2.24, 2.45) is 11.8 Å². The molecular weight excluding hydrogens is 232 g/mol. The molecule has 1 aliphatic heterocycles. The van der Waals surface area contributed by atoms with E-state index in [0.29, 0.717) is 0 Å². The number of hydrogen-bond acceptors (Lipinski definition) is 2. The van der Waals surface area contributed by atoms with Crippen molar-refractivity contribution in [3.05, 3.63) is 0 Å². The Kier molecular flexibility index (Phi) is 5.30. The number of hydrogen-bond donors (Lipinski definition) is 1. The van der Waals surface area contributed by atoms with Crippen molar-refractivity contribution in [3.63, 3.8) is 0 Å². The summed E-state index contributed by atoms with van der Waals surface area (Å²) >= 11 is 0. The normalized spacial score (nSPS) is 28.1. The minimum atomic E-state index is 0.254. The van der Waals surface area contributed by atoms with E-state index in [0.717, 1.165) is 24.4 Å². The first-order chi connectivity index (χ1) is 8.96. The largest absolute Gasteiger partial charge is 0.312 e. The highest BCUT2D eigenvalue weighted by Gasteiger charge is 2.33. The van der Waals surface area contributed by atoms with E-state index in [4.69, 9.17) is 0 Å². The SMILES string of the molecule is CC(CNC(C)(C)C)CN1CCCC1C1CCCC1. The highest BCUT2D eigenvalue weighted by molar-refractivity contribution is 4.88. The van der Waals surface area contributed by atoms with Gasteiger partial charge < -0.3 is 5.32 Å². The lowest BCUT2D eigenvalue weighted by Crippen LogP contribution is -2.43. The smallest absolute Gasteiger partial charge is 0.0124 e. The third kappa shape index (κ3) is 4.75. The van der Waals surface area contributed by atoms with Crippen LogP contribution in [0, 0.1) is 11.8 Å². The molecule has 2 atom stereocenters. The minimum absolute atomic E-state index is 0.254. The van der Waals surface area contributed by atoms with Gasteiger partial charge in [0.1, 0.15) is 0 Å². The highest BCUT2D eigenvalue weighted by Crippen LogP contribution is 2.35. The summed E-state index contributed by atoms with van der Waals surface area (Å²) in [7, 11) is 0. The van der Waals surface area contributed by atoms with Crippen LogP contribution in [0.2, 0.25) is 0 Å². The molecule has 0 aromatic carbocycles. The summed E-state index contributed by atoms with van der Waals surface area (Å²) in [5.74, 6) is 1.78. The first kappa shape index (κ1) is 15.3. The van der Waals surface area contributed by atoms with Crippen molar-refractivity contribution >= 4 is 0 Å². The molecule has 19 heavy (non-hydrogen) atoms. The zero-order chi connectivity index (χ0) is 13.9. The van der Waals surface area contributed by atoms with Gasteiger partial charge in [-0.25, -0.2) is 0 Å². The van der Waals surface area contributed by atoms with Crippen molar-refractivity contribution < 1.29 is 0 Å². The van der Waals surface area contributed by atoms with Crippen LogP contribution in [0.15, 0.2) is 0 Å². The van der Waals surface area contributed by atoms with Crippen LogP contribution < -0.4 is 5.32 Å². The molecule has 2 aliphatic rings. The van der Waals surface area contributed by atoms with Gasteiger partial charge in [-0.3, -0.25) is 4.90 Å². The molecule has 0 radical (unpaired) electrons. The van der Waals surface area contributed by atoms with Crippen molar-refractivity contribution in [3.8, 4) is 0 Å². The van der Waals surface area contributed by atoms with Gasteiger partial charge in [0, 0.05) is 18.1 Å². The fraction of sp³-hybridized carbons (Fsp3) is 1.00. The Hall–Kier alpha value is -0.0800. The van der Waals surface area contributed by atoms with Gasteiger partial charge in [0.05, 0.1) is 0 Å². The molecule has 1 saturated heterocycles. The molecule has 0 bridgehead atoms. The first-order valence-electron chi connectivity index (χ1n) is 8.45. The fourth-order valence-corrected chi connectivity index (χ4v) is 3.90. The van der Waals surface area contributed by atoms with E-state index >= 15 is 0 Å². The van der Waals surface area contributed by atoms with Gasteiger partial charge in [-0.2, -0.15) is 0 Å². The predicted octanol–water partition coefficient (Wildman–Crippen LogP) is 3.67. The lowest BCUT2D eigenvalue weighted by molar-refractivity contribution is 0.164. The Morgan fingerprint density at radius 3 is 2.42 bits per heavy atom. The minimum Gasteiger partial charge on any atom is -0.312 e. The standard InChI is InChI=1S/C17H34N2/c1-14(12-18-17(2,3)4)13-19-11-7-10-16(19)15-8-5-6-9-15/h14-16,18H,5-13H2,1-4H3. The molecule has 2 fully saturated rings. The average molecular weight is 266 g/mol. The first-order valence-corrected chi connectivity index (χ1v) is 8.45. The van der Waals surface area contributed by atoms with Crippen molar-refractivity contribution in [2.45, 2.75) is 77.8 Å².